The third kappa shape index (κ3) is 4.60. The van der Waals surface area contributed by atoms with Gasteiger partial charge in [-0.15, -0.1) is 0 Å². The number of carbonyl (C=O) groups excluding carboxylic acids is 1. The predicted molar refractivity (Wildman–Crippen MR) is 102 cm³/mol. The van der Waals surface area contributed by atoms with Crippen molar-refractivity contribution in [2.45, 2.75) is 26.4 Å². The standard InChI is InChI=1S/C17H16BrFN6O3/c1-11-15(25(27)28)8-20-24(11)7-6-16(26)21-17-14(18)10-23(22-17)9-12-2-4-13(19)5-3-12/h2-5,8,10H,6-7,9H2,1H3,(H,21,22,26). The van der Waals surface area contributed by atoms with E-state index in [4.69, 9.17) is 0 Å². The number of hydrogen-bond acceptors (Lipinski definition) is 5. The molecule has 11 heteroatoms. The lowest BCUT2D eigenvalue weighted by molar-refractivity contribution is -0.385. The number of nitrogens with one attached hydrogen (secondary N) is 1. The molecule has 0 unspecified atom stereocenters. The van der Waals surface area contributed by atoms with Crippen LogP contribution in [0.25, 0.3) is 0 Å². The summed E-state index contributed by atoms with van der Waals surface area (Å²) >= 11 is 3.35. The molecule has 3 rings (SSSR count). The van der Waals surface area contributed by atoms with Crippen molar-refractivity contribution >= 4 is 33.3 Å². The largest absolute Gasteiger partial charge is 0.309 e. The third-order valence-electron chi connectivity index (χ3n) is 4.06. The fraction of sp³-hybridized carbons (Fsp3) is 0.235. The molecule has 1 aromatic carbocycles. The van der Waals surface area contributed by atoms with Crippen molar-refractivity contribution in [3.05, 3.63) is 68.3 Å². The van der Waals surface area contributed by atoms with Gasteiger partial charge in [0.2, 0.25) is 5.91 Å². The maximum atomic E-state index is 13.0. The van der Waals surface area contributed by atoms with Crippen LogP contribution in [0.4, 0.5) is 15.9 Å². The highest BCUT2D eigenvalue weighted by molar-refractivity contribution is 9.10. The van der Waals surface area contributed by atoms with Gasteiger partial charge in [-0.05, 0) is 40.5 Å². The van der Waals surface area contributed by atoms with E-state index in [2.05, 4.69) is 31.4 Å². The van der Waals surface area contributed by atoms with E-state index >= 15 is 0 Å². The summed E-state index contributed by atoms with van der Waals surface area (Å²) in [5.74, 6) is -0.253. The van der Waals surface area contributed by atoms with Gasteiger partial charge in [-0.3, -0.25) is 24.3 Å². The zero-order chi connectivity index (χ0) is 20.3. The molecular formula is C17H16BrFN6O3. The van der Waals surface area contributed by atoms with Crippen LogP contribution in [0.5, 0.6) is 0 Å². The monoisotopic (exact) mass is 450 g/mol. The van der Waals surface area contributed by atoms with E-state index < -0.39 is 4.92 Å². The van der Waals surface area contributed by atoms with Crippen molar-refractivity contribution in [1.82, 2.24) is 19.6 Å². The number of rotatable bonds is 7. The van der Waals surface area contributed by atoms with Gasteiger partial charge >= 0.3 is 5.69 Å². The van der Waals surface area contributed by atoms with Crippen LogP contribution in [0.1, 0.15) is 17.7 Å². The third-order valence-corrected chi connectivity index (χ3v) is 4.64. The molecule has 0 radical (unpaired) electrons. The summed E-state index contributed by atoms with van der Waals surface area (Å²) in [5, 5.41) is 21.8. The maximum absolute atomic E-state index is 13.0. The summed E-state index contributed by atoms with van der Waals surface area (Å²) in [6, 6.07) is 6.07. The van der Waals surface area contributed by atoms with E-state index in [1.165, 1.54) is 23.0 Å². The zero-order valence-corrected chi connectivity index (χ0v) is 16.4. The first kappa shape index (κ1) is 19.7. The van der Waals surface area contributed by atoms with Crippen LogP contribution in [0.3, 0.4) is 0 Å². The summed E-state index contributed by atoms with van der Waals surface area (Å²) in [6.07, 6.45) is 2.96. The van der Waals surface area contributed by atoms with Crippen LogP contribution in [-0.4, -0.2) is 30.4 Å². The summed E-state index contributed by atoms with van der Waals surface area (Å²) in [4.78, 5) is 22.5. The van der Waals surface area contributed by atoms with Crippen LogP contribution in [0.2, 0.25) is 0 Å². The minimum absolute atomic E-state index is 0.0803. The highest BCUT2D eigenvalue weighted by Gasteiger charge is 2.17. The molecule has 0 saturated heterocycles. The first-order chi connectivity index (χ1) is 13.3. The quantitative estimate of drug-likeness (QED) is 0.438. The second-order valence-corrected chi connectivity index (χ2v) is 6.90. The Bertz CT molecular complexity index is 1010. The highest BCUT2D eigenvalue weighted by atomic mass is 79.9. The Labute approximate surface area is 167 Å². The lowest BCUT2D eigenvalue weighted by Gasteiger charge is -2.05. The van der Waals surface area contributed by atoms with Gasteiger partial charge in [0, 0.05) is 12.6 Å². The minimum atomic E-state index is -0.510. The Morgan fingerprint density at radius 2 is 2.07 bits per heavy atom. The topological polar surface area (TPSA) is 108 Å². The summed E-state index contributed by atoms with van der Waals surface area (Å²) in [6.45, 7) is 2.21. The number of nitrogens with zero attached hydrogens (tertiary/aromatic N) is 5. The van der Waals surface area contributed by atoms with Crippen molar-refractivity contribution in [1.29, 1.82) is 0 Å². The number of hydrogen-bond donors (Lipinski definition) is 1. The van der Waals surface area contributed by atoms with E-state index in [1.54, 1.807) is 29.9 Å². The molecule has 2 heterocycles. The molecule has 0 saturated carbocycles. The summed E-state index contributed by atoms with van der Waals surface area (Å²) < 4.78 is 16.6. The Hall–Kier alpha value is -3.08. The van der Waals surface area contributed by atoms with Gasteiger partial charge < -0.3 is 5.32 Å². The molecule has 1 amide bonds. The fourth-order valence-electron chi connectivity index (χ4n) is 2.58. The van der Waals surface area contributed by atoms with Crippen molar-refractivity contribution in [2.75, 3.05) is 5.32 Å². The number of aryl methyl sites for hydroxylation is 1. The van der Waals surface area contributed by atoms with Gasteiger partial charge in [-0.1, -0.05) is 12.1 Å². The fourth-order valence-corrected chi connectivity index (χ4v) is 3.00. The SMILES string of the molecule is Cc1c([N+](=O)[O-])cnn1CCC(=O)Nc1nn(Cc2ccc(F)cc2)cc1Br. The van der Waals surface area contributed by atoms with E-state index in [0.29, 0.717) is 22.5 Å². The minimum Gasteiger partial charge on any atom is -0.308 e. The van der Waals surface area contributed by atoms with Gasteiger partial charge in [0.1, 0.15) is 17.7 Å². The molecule has 1 N–H and O–H groups in total. The maximum Gasteiger partial charge on any atom is 0.309 e. The van der Waals surface area contributed by atoms with Crippen LogP contribution in [0, 0.1) is 22.9 Å². The van der Waals surface area contributed by atoms with Crippen molar-refractivity contribution in [2.24, 2.45) is 0 Å². The average molecular weight is 451 g/mol. The number of benzene rings is 1. The summed E-state index contributed by atoms with van der Waals surface area (Å²) in [7, 11) is 0. The molecule has 2 aromatic heterocycles. The number of aromatic nitrogens is 4. The second-order valence-electron chi connectivity index (χ2n) is 6.04. The van der Waals surface area contributed by atoms with Crippen LogP contribution < -0.4 is 5.32 Å². The molecule has 0 aliphatic rings. The lowest BCUT2D eigenvalue weighted by atomic mass is 10.2. The van der Waals surface area contributed by atoms with E-state index in [0.717, 1.165) is 5.56 Å². The first-order valence-electron chi connectivity index (χ1n) is 8.27. The highest BCUT2D eigenvalue weighted by Crippen LogP contribution is 2.21. The smallest absolute Gasteiger partial charge is 0.308 e. The van der Waals surface area contributed by atoms with Crippen molar-refractivity contribution < 1.29 is 14.1 Å². The van der Waals surface area contributed by atoms with Gasteiger partial charge in [0.25, 0.3) is 0 Å². The normalized spacial score (nSPS) is 10.8. The van der Waals surface area contributed by atoms with E-state index in [9.17, 15) is 19.3 Å². The van der Waals surface area contributed by atoms with Crippen LogP contribution in [-0.2, 0) is 17.9 Å². The molecule has 9 nitrogen and oxygen atoms in total. The molecule has 0 atom stereocenters. The molecular weight excluding hydrogens is 435 g/mol. The van der Waals surface area contributed by atoms with Crippen LogP contribution >= 0.6 is 15.9 Å². The van der Waals surface area contributed by atoms with E-state index in [1.807, 2.05) is 0 Å². The molecule has 0 spiro atoms. The molecule has 146 valence electrons. The number of amides is 1. The number of anilines is 1. The Balaban J connectivity index is 1.59. The molecule has 28 heavy (non-hydrogen) atoms. The Morgan fingerprint density at radius 1 is 1.36 bits per heavy atom. The lowest BCUT2D eigenvalue weighted by Crippen LogP contribution is -2.16. The number of halogens is 2. The Morgan fingerprint density at radius 3 is 2.71 bits per heavy atom. The molecule has 0 aliphatic heterocycles. The predicted octanol–water partition coefficient (Wildman–Crippen LogP) is 3.27. The van der Waals surface area contributed by atoms with Crippen molar-refractivity contribution in [3.63, 3.8) is 0 Å². The van der Waals surface area contributed by atoms with Gasteiger partial charge in [-0.25, -0.2) is 4.39 Å². The zero-order valence-electron chi connectivity index (χ0n) is 14.8. The van der Waals surface area contributed by atoms with Gasteiger partial charge in [-0.2, -0.15) is 10.2 Å². The Kier molecular flexibility index (Phi) is 5.83. The van der Waals surface area contributed by atoms with Crippen LogP contribution in [0.15, 0.2) is 41.1 Å². The number of nitro groups is 1. The van der Waals surface area contributed by atoms with Gasteiger partial charge in [0.05, 0.1) is 22.5 Å². The molecule has 0 aliphatic carbocycles. The molecule has 3 aromatic rings. The summed E-state index contributed by atoms with van der Waals surface area (Å²) in [5.41, 5.74) is 1.18. The average Bonchev–Trinajstić information content (AvgIpc) is 3.17. The molecule has 0 fully saturated rings. The van der Waals surface area contributed by atoms with Gasteiger partial charge in [0.15, 0.2) is 5.82 Å². The molecule has 0 bridgehead atoms. The van der Waals surface area contributed by atoms with E-state index in [-0.39, 0.29) is 30.4 Å². The number of carbonyl (C=O) groups is 1. The first-order valence-corrected chi connectivity index (χ1v) is 9.07. The second kappa shape index (κ2) is 8.30. The van der Waals surface area contributed by atoms with Crippen molar-refractivity contribution in [3.8, 4) is 0 Å².